The molecule has 0 aliphatic carbocycles. The van der Waals surface area contributed by atoms with Gasteiger partial charge in [-0.1, -0.05) is 5.21 Å². The number of fused-ring (bicyclic) bond motifs is 1. The minimum atomic E-state index is -3.31. The van der Waals surface area contributed by atoms with E-state index in [0.717, 1.165) is 37.4 Å². The second-order valence-corrected chi connectivity index (χ2v) is 7.73. The first-order valence-electron chi connectivity index (χ1n) is 7.89. The molecule has 0 atom stereocenters. The van der Waals surface area contributed by atoms with Crippen molar-refractivity contribution in [2.45, 2.75) is 25.5 Å². The van der Waals surface area contributed by atoms with Crippen LogP contribution in [0.15, 0.2) is 24.3 Å². The minimum absolute atomic E-state index is 0.0146. The summed E-state index contributed by atoms with van der Waals surface area (Å²) in [5, 5.41) is 8.12. The first-order chi connectivity index (χ1) is 11.6. The largest absolute Gasteiger partial charge is 0.490 e. The van der Waals surface area contributed by atoms with E-state index < -0.39 is 10.0 Å². The van der Waals surface area contributed by atoms with Crippen LogP contribution < -0.4 is 9.46 Å². The van der Waals surface area contributed by atoms with E-state index in [0.29, 0.717) is 18.1 Å². The van der Waals surface area contributed by atoms with Crippen LogP contribution in [0.4, 0.5) is 5.82 Å². The summed E-state index contributed by atoms with van der Waals surface area (Å²) in [5.41, 5.74) is 1.32. The van der Waals surface area contributed by atoms with E-state index in [1.54, 1.807) is 4.68 Å². The molecule has 1 aromatic heterocycles. The average molecular weight is 350 g/mol. The summed E-state index contributed by atoms with van der Waals surface area (Å²) in [5.74, 6) is 1.22. The quantitative estimate of drug-likeness (QED) is 0.895. The number of rotatable bonds is 3. The number of sulfonamides is 1. The summed E-state index contributed by atoms with van der Waals surface area (Å²) in [6, 6.07) is 7.46. The smallest absolute Gasteiger partial charge is 0.235 e. The molecule has 3 heterocycles. The second-order valence-electron chi connectivity index (χ2n) is 5.88. The highest BCUT2D eigenvalue weighted by atomic mass is 32.2. The Kier molecular flexibility index (Phi) is 3.89. The van der Waals surface area contributed by atoms with E-state index >= 15 is 0 Å². The number of hydrogen-bond donors (Lipinski definition) is 1. The van der Waals surface area contributed by atoms with Crippen molar-refractivity contribution in [3.8, 4) is 17.0 Å². The standard InChI is InChI=1S/C15H18N4O4S/c20-24(21)10-7-19-15(17-24)14(16-18-19)11-1-3-12(4-2-11)23-13-5-8-22-9-6-13/h1-4,13,17H,5-10H2. The molecule has 2 aliphatic heterocycles. The Hall–Kier alpha value is -2.13. The van der Waals surface area contributed by atoms with E-state index in [9.17, 15) is 8.42 Å². The first kappa shape index (κ1) is 15.4. The lowest BCUT2D eigenvalue weighted by Crippen LogP contribution is -2.28. The zero-order valence-corrected chi connectivity index (χ0v) is 13.8. The second kappa shape index (κ2) is 6.06. The summed E-state index contributed by atoms with van der Waals surface area (Å²) < 4.78 is 38.9. The maximum absolute atomic E-state index is 11.8. The van der Waals surface area contributed by atoms with E-state index in [2.05, 4.69) is 15.0 Å². The summed E-state index contributed by atoms with van der Waals surface area (Å²) >= 11 is 0. The predicted molar refractivity (Wildman–Crippen MR) is 87.3 cm³/mol. The molecule has 0 bridgehead atoms. The van der Waals surface area contributed by atoms with Crippen LogP contribution >= 0.6 is 0 Å². The van der Waals surface area contributed by atoms with Gasteiger partial charge >= 0.3 is 0 Å². The van der Waals surface area contributed by atoms with Crippen LogP contribution in [0.3, 0.4) is 0 Å². The third kappa shape index (κ3) is 3.09. The molecule has 0 unspecified atom stereocenters. The molecule has 1 saturated heterocycles. The summed E-state index contributed by atoms with van der Waals surface area (Å²) in [6.45, 7) is 1.77. The molecule has 1 N–H and O–H groups in total. The first-order valence-corrected chi connectivity index (χ1v) is 9.55. The van der Waals surface area contributed by atoms with E-state index in [1.165, 1.54) is 0 Å². The Morgan fingerprint density at radius 1 is 1.21 bits per heavy atom. The van der Waals surface area contributed by atoms with Gasteiger partial charge in [-0.25, -0.2) is 13.1 Å². The van der Waals surface area contributed by atoms with Crippen LogP contribution in [-0.4, -0.2) is 48.5 Å². The van der Waals surface area contributed by atoms with Crippen LogP contribution in [0.5, 0.6) is 5.75 Å². The highest BCUT2D eigenvalue weighted by molar-refractivity contribution is 7.92. The van der Waals surface area contributed by atoms with Gasteiger partial charge in [0.05, 0.1) is 25.5 Å². The molecule has 9 heteroatoms. The molecule has 24 heavy (non-hydrogen) atoms. The van der Waals surface area contributed by atoms with Crippen molar-refractivity contribution in [1.82, 2.24) is 15.0 Å². The zero-order chi connectivity index (χ0) is 16.6. The molecular weight excluding hydrogens is 332 g/mol. The Morgan fingerprint density at radius 3 is 2.71 bits per heavy atom. The molecule has 1 aromatic carbocycles. The van der Waals surface area contributed by atoms with E-state index in [4.69, 9.17) is 9.47 Å². The van der Waals surface area contributed by atoms with Gasteiger partial charge in [0.15, 0.2) is 5.82 Å². The highest BCUT2D eigenvalue weighted by Gasteiger charge is 2.25. The van der Waals surface area contributed by atoms with Crippen molar-refractivity contribution in [2.24, 2.45) is 0 Å². The third-order valence-electron chi connectivity index (χ3n) is 4.16. The molecule has 4 rings (SSSR count). The lowest BCUT2D eigenvalue weighted by molar-refractivity contribution is 0.0256. The van der Waals surface area contributed by atoms with Gasteiger partial charge in [-0.3, -0.25) is 4.72 Å². The molecule has 0 radical (unpaired) electrons. The Labute approximate surface area is 139 Å². The van der Waals surface area contributed by atoms with Gasteiger partial charge in [0.2, 0.25) is 10.0 Å². The van der Waals surface area contributed by atoms with E-state index in [-0.39, 0.29) is 11.9 Å². The number of ether oxygens (including phenoxy) is 2. The van der Waals surface area contributed by atoms with Crippen molar-refractivity contribution in [3.05, 3.63) is 24.3 Å². The number of nitrogens with one attached hydrogen (secondary N) is 1. The number of aryl methyl sites for hydroxylation is 1. The molecule has 2 aromatic rings. The number of aromatic nitrogens is 3. The van der Waals surface area contributed by atoms with Gasteiger partial charge in [0.25, 0.3) is 0 Å². The Morgan fingerprint density at radius 2 is 1.96 bits per heavy atom. The van der Waals surface area contributed by atoms with Crippen LogP contribution in [0, 0.1) is 0 Å². The fraction of sp³-hybridized carbons (Fsp3) is 0.467. The van der Waals surface area contributed by atoms with Crippen molar-refractivity contribution in [2.75, 3.05) is 23.7 Å². The van der Waals surface area contributed by atoms with E-state index in [1.807, 2.05) is 24.3 Å². The highest BCUT2D eigenvalue weighted by Crippen LogP contribution is 2.30. The number of hydrogen-bond acceptors (Lipinski definition) is 6. The molecule has 2 aliphatic rings. The normalized spacial score (nSPS) is 20.2. The van der Waals surface area contributed by atoms with Gasteiger partial charge in [-0.15, -0.1) is 5.10 Å². The molecule has 1 fully saturated rings. The number of nitrogens with zero attached hydrogens (tertiary/aromatic N) is 3. The van der Waals surface area contributed by atoms with Crippen LogP contribution in [0.1, 0.15) is 12.8 Å². The lowest BCUT2D eigenvalue weighted by atomic mass is 10.1. The summed E-state index contributed by atoms with van der Waals surface area (Å²) in [7, 11) is -3.31. The number of anilines is 1. The van der Waals surface area contributed by atoms with Crippen molar-refractivity contribution in [1.29, 1.82) is 0 Å². The Bertz CT molecular complexity index is 826. The van der Waals surface area contributed by atoms with Gasteiger partial charge in [0.1, 0.15) is 17.5 Å². The van der Waals surface area contributed by atoms with Crippen molar-refractivity contribution in [3.63, 3.8) is 0 Å². The maximum Gasteiger partial charge on any atom is 0.235 e. The monoisotopic (exact) mass is 350 g/mol. The zero-order valence-electron chi connectivity index (χ0n) is 13.0. The SMILES string of the molecule is O=S1(=O)CCn2nnc(-c3ccc(OC4CCOCC4)cc3)c2N1. The lowest BCUT2D eigenvalue weighted by Gasteiger charge is -2.23. The van der Waals surface area contributed by atoms with Gasteiger partial charge in [-0.2, -0.15) is 0 Å². The summed E-state index contributed by atoms with van der Waals surface area (Å²) in [4.78, 5) is 0. The number of benzene rings is 1. The molecule has 0 spiro atoms. The van der Waals surface area contributed by atoms with Gasteiger partial charge in [0, 0.05) is 18.4 Å². The average Bonchev–Trinajstić information content (AvgIpc) is 2.98. The molecular formula is C15H18N4O4S. The van der Waals surface area contributed by atoms with Gasteiger partial charge in [-0.05, 0) is 24.3 Å². The maximum atomic E-state index is 11.8. The molecule has 128 valence electrons. The molecule has 0 amide bonds. The molecule has 8 nitrogen and oxygen atoms in total. The Balaban J connectivity index is 1.54. The third-order valence-corrected chi connectivity index (χ3v) is 5.38. The van der Waals surface area contributed by atoms with Crippen molar-refractivity contribution >= 4 is 15.8 Å². The minimum Gasteiger partial charge on any atom is -0.490 e. The van der Waals surface area contributed by atoms with Crippen molar-refractivity contribution < 1.29 is 17.9 Å². The fourth-order valence-electron chi connectivity index (χ4n) is 2.85. The van der Waals surface area contributed by atoms with Crippen LogP contribution in [-0.2, 0) is 21.3 Å². The van der Waals surface area contributed by atoms with Crippen LogP contribution in [0.2, 0.25) is 0 Å². The topological polar surface area (TPSA) is 95.3 Å². The van der Waals surface area contributed by atoms with Crippen LogP contribution in [0.25, 0.3) is 11.3 Å². The summed E-state index contributed by atoms with van der Waals surface area (Å²) in [6.07, 6.45) is 1.96. The fourth-order valence-corrected chi connectivity index (χ4v) is 3.86. The molecule has 0 saturated carbocycles. The van der Waals surface area contributed by atoms with Gasteiger partial charge < -0.3 is 9.47 Å². The predicted octanol–water partition coefficient (Wildman–Crippen LogP) is 1.26.